The Morgan fingerprint density at radius 1 is 0.407 bits per heavy atom. The summed E-state index contributed by atoms with van der Waals surface area (Å²) in [4.78, 5) is 47.5. The van der Waals surface area contributed by atoms with Crippen molar-refractivity contribution in [2.75, 3.05) is 26.4 Å². The maximum absolute atomic E-state index is 12.0. The first-order valence-electron chi connectivity index (χ1n) is 21.4. The van der Waals surface area contributed by atoms with Gasteiger partial charge in [0.05, 0.1) is 75.3 Å². The van der Waals surface area contributed by atoms with E-state index in [-0.39, 0.29) is 23.9 Å². The number of unbranched alkanes of at least 4 members (excludes halogenated alkanes) is 2. The van der Waals surface area contributed by atoms with Crippen molar-refractivity contribution < 1.29 is 57.1 Å². The number of fused-ring (bicyclic) bond motifs is 4. The number of rotatable bonds is 18. The first-order chi connectivity index (χ1) is 26.2. The number of esters is 4. The third-order valence-corrected chi connectivity index (χ3v) is 13.4. The van der Waals surface area contributed by atoms with E-state index < -0.39 is 0 Å². The lowest BCUT2D eigenvalue weighted by atomic mass is 9.81. The third kappa shape index (κ3) is 12.4. The van der Waals surface area contributed by atoms with Gasteiger partial charge in [0.25, 0.3) is 0 Å². The van der Waals surface area contributed by atoms with Gasteiger partial charge in [-0.25, -0.2) is 0 Å². The molecule has 8 rings (SSSR count). The molecule has 4 aliphatic carbocycles. The van der Waals surface area contributed by atoms with Crippen LogP contribution in [0.2, 0.25) is 0 Å². The molecule has 14 unspecified atom stereocenters. The van der Waals surface area contributed by atoms with E-state index in [0.717, 1.165) is 64.2 Å². The van der Waals surface area contributed by atoms with E-state index in [9.17, 15) is 19.2 Å². The van der Waals surface area contributed by atoms with Crippen LogP contribution in [0.1, 0.15) is 129 Å². The number of ether oxygens (including phenoxy) is 8. The van der Waals surface area contributed by atoms with Crippen LogP contribution in [0.25, 0.3) is 0 Å². The van der Waals surface area contributed by atoms with Gasteiger partial charge in [0.1, 0.15) is 0 Å². The lowest BCUT2D eigenvalue weighted by Gasteiger charge is -2.25. The maximum Gasteiger partial charge on any atom is 0.305 e. The molecule has 0 aromatic carbocycles. The Kier molecular flexibility index (Phi) is 13.9. The highest BCUT2D eigenvalue weighted by Crippen LogP contribution is 2.44. The molecule has 0 aromatic rings. The smallest absolute Gasteiger partial charge is 0.305 e. The van der Waals surface area contributed by atoms with E-state index in [2.05, 4.69) is 13.8 Å². The molecule has 4 saturated heterocycles. The molecule has 0 N–H and O–H groups in total. The van der Waals surface area contributed by atoms with Gasteiger partial charge in [-0.2, -0.15) is 0 Å². The SMILES string of the molecule is CC1CC2OC2CC1COC(=O)CCCCC(=O)OCC1CC2OC2CC1C.O=C(CCCCC(=O)OCC1CCC2OC2C1)OCC1CCC2OC2C1. The molecule has 12 nitrogen and oxygen atoms in total. The van der Waals surface area contributed by atoms with Crippen molar-refractivity contribution in [1.82, 2.24) is 0 Å². The molecule has 0 spiro atoms. The number of carbonyl (C=O) groups is 4. The molecule has 4 heterocycles. The lowest BCUT2D eigenvalue weighted by molar-refractivity contribution is -0.148. The summed E-state index contributed by atoms with van der Waals surface area (Å²) < 4.78 is 43.8. The van der Waals surface area contributed by atoms with Crippen LogP contribution >= 0.6 is 0 Å². The standard InChI is InChI=1S/C22H34O6.C20H30O6/c1-13-7-17-19(27-17)9-15(13)11-25-21(23)5-3-4-6-22(24)26-12-16-10-20-18(28-20)8-14(16)2;21-19(23-11-13-5-7-15-17(9-13)25-15)3-1-2-4-20(22)24-12-14-6-8-16-18(10-14)26-16/h13-20H,3-12H2,1-2H3;13-18H,1-12H2. The van der Waals surface area contributed by atoms with Crippen molar-refractivity contribution >= 4 is 23.9 Å². The second-order valence-electron chi connectivity index (χ2n) is 17.8. The molecule has 14 atom stereocenters. The van der Waals surface area contributed by atoms with Gasteiger partial charge in [-0.15, -0.1) is 0 Å². The van der Waals surface area contributed by atoms with Crippen LogP contribution < -0.4 is 0 Å². The van der Waals surface area contributed by atoms with Gasteiger partial charge < -0.3 is 37.9 Å². The zero-order valence-electron chi connectivity index (χ0n) is 32.5. The van der Waals surface area contributed by atoms with Crippen molar-refractivity contribution in [2.45, 2.75) is 178 Å². The maximum atomic E-state index is 12.0. The van der Waals surface area contributed by atoms with Gasteiger partial charge in [0.2, 0.25) is 0 Å². The van der Waals surface area contributed by atoms with Crippen molar-refractivity contribution in [1.29, 1.82) is 0 Å². The van der Waals surface area contributed by atoms with Gasteiger partial charge in [0.15, 0.2) is 0 Å². The summed E-state index contributed by atoms with van der Waals surface area (Å²) in [5.41, 5.74) is 0. The predicted octanol–water partition coefficient (Wildman–Crippen LogP) is 6.03. The predicted molar refractivity (Wildman–Crippen MR) is 194 cm³/mol. The van der Waals surface area contributed by atoms with Gasteiger partial charge >= 0.3 is 23.9 Å². The number of hydrogen-bond donors (Lipinski definition) is 0. The monoisotopic (exact) mass is 760 g/mol. The minimum atomic E-state index is -0.158. The van der Waals surface area contributed by atoms with Crippen LogP contribution in [0.3, 0.4) is 0 Å². The Hall–Kier alpha value is -2.28. The van der Waals surface area contributed by atoms with Gasteiger partial charge in [-0.05, 0) is 125 Å². The van der Waals surface area contributed by atoms with E-state index in [1.54, 1.807) is 0 Å². The molecule has 54 heavy (non-hydrogen) atoms. The number of hydrogen-bond acceptors (Lipinski definition) is 12. The Morgan fingerprint density at radius 2 is 0.722 bits per heavy atom. The molecule has 0 bridgehead atoms. The second kappa shape index (κ2) is 18.8. The highest BCUT2D eigenvalue weighted by molar-refractivity contribution is 5.71. The molecular weight excluding hydrogens is 696 g/mol. The Balaban J connectivity index is 0.000000167. The summed E-state index contributed by atoms with van der Waals surface area (Å²) >= 11 is 0. The molecule has 0 amide bonds. The lowest BCUT2D eigenvalue weighted by Crippen LogP contribution is -2.27. The molecular formula is C42H64O12. The normalized spacial score (nSPS) is 39.1. The van der Waals surface area contributed by atoms with E-state index in [1.165, 1.54) is 0 Å². The van der Waals surface area contributed by atoms with Crippen LogP contribution in [-0.4, -0.2) is 99.1 Å². The Bertz CT molecular complexity index is 1190. The molecule has 8 aliphatic rings. The Labute approximate surface area is 320 Å². The van der Waals surface area contributed by atoms with Crippen LogP contribution in [0.15, 0.2) is 0 Å². The van der Waals surface area contributed by atoms with Crippen LogP contribution in [0, 0.1) is 35.5 Å². The zero-order valence-corrected chi connectivity index (χ0v) is 32.5. The van der Waals surface area contributed by atoms with E-state index in [0.29, 0.717) is 162 Å². The van der Waals surface area contributed by atoms with Gasteiger partial charge in [0, 0.05) is 25.7 Å². The molecule has 4 aliphatic heterocycles. The fourth-order valence-electron chi connectivity index (χ4n) is 9.30. The van der Waals surface area contributed by atoms with Crippen LogP contribution in [0.4, 0.5) is 0 Å². The summed E-state index contributed by atoms with van der Waals surface area (Å²) in [5, 5.41) is 0. The second-order valence-corrected chi connectivity index (χ2v) is 17.8. The van der Waals surface area contributed by atoms with Crippen molar-refractivity contribution in [2.24, 2.45) is 35.5 Å². The topological polar surface area (TPSA) is 155 Å². The molecule has 12 heteroatoms. The van der Waals surface area contributed by atoms with E-state index in [4.69, 9.17) is 37.9 Å². The van der Waals surface area contributed by atoms with E-state index >= 15 is 0 Å². The van der Waals surface area contributed by atoms with Crippen LogP contribution in [0.5, 0.6) is 0 Å². The zero-order chi connectivity index (χ0) is 37.6. The number of epoxide rings is 4. The quantitative estimate of drug-likeness (QED) is 0.0694. The molecule has 4 saturated carbocycles. The highest BCUT2D eigenvalue weighted by atomic mass is 16.6. The summed E-state index contributed by atoms with van der Waals surface area (Å²) in [6.45, 7) is 6.46. The molecule has 0 radical (unpaired) electrons. The minimum absolute atomic E-state index is 0.154. The van der Waals surface area contributed by atoms with Gasteiger partial charge in [-0.1, -0.05) is 13.8 Å². The minimum Gasteiger partial charge on any atom is -0.465 e. The molecule has 0 aromatic heterocycles. The van der Waals surface area contributed by atoms with Gasteiger partial charge in [-0.3, -0.25) is 19.2 Å². The van der Waals surface area contributed by atoms with Crippen molar-refractivity contribution in [3.8, 4) is 0 Å². The highest BCUT2D eigenvalue weighted by Gasteiger charge is 2.48. The van der Waals surface area contributed by atoms with Crippen molar-refractivity contribution in [3.63, 3.8) is 0 Å². The fourth-order valence-corrected chi connectivity index (χ4v) is 9.30. The molecule has 8 fully saturated rings. The molecule has 304 valence electrons. The first-order valence-corrected chi connectivity index (χ1v) is 21.4. The average Bonchev–Trinajstić information content (AvgIpc) is 3.97. The number of carbonyl (C=O) groups excluding carboxylic acids is 4. The fraction of sp³-hybridized carbons (Fsp3) is 0.905. The summed E-state index contributed by atoms with van der Waals surface area (Å²) in [6.07, 6.45) is 18.4. The third-order valence-electron chi connectivity index (χ3n) is 13.4. The summed E-state index contributed by atoms with van der Waals surface area (Å²) in [6, 6.07) is 0. The van der Waals surface area contributed by atoms with E-state index in [1.807, 2.05) is 0 Å². The Morgan fingerprint density at radius 3 is 1.09 bits per heavy atom. The largest absolute Gasteiger partial charge is 0.465 e. The first kappa shape index (κ1) is 39.9. The average molecular weight is 761 g/mol. The summed E-state index contributed by atoms with van der Waals surface area (Å²) in [5.74, 6) is 2.22. The van der Waals surface area contributed by atoms with Crippen molar-refractivity contribution in [3.05, 3.63) is 0 Å². The van der Waals surface area contributed by atoms with Crippen LogP contribution in [-0.2, 0) is 57.1 Å². The summed E-state index contributed by atoms with van der Waals surface area (Å²) in [7, 11) is 0.